The Morgan fingerprint density at radius 2 is 1.77 bits per heavy atom. The van der Waals surface area contributed by atoms with E-state index in [2.05, 4.69) is 15.0 Å². The van der Waals surface area contributed by atoms with Gasteiger partial charge in [-0.1, -0.05) is 12.1 Å². The van der Waals surface area contributed by atoms with Gasteiger partial charge in [0.1, 0.15) is 29.4 Å². The minimum Gasteiger partial charge on any atom is -0.491 e. The van der Waals surface area contributed by atoms with Crippen LogP contribution in [0.4, 0.5) is 0 Å². The molecule has 160 valence electrons. The summed E-state index contributed by atoms with van der Waals surface area (Å²) in [5.41, 5.74) is 3.16. The third-order valence-electron chi connectivity index (χ3n) is 4.54. The van der Waals surface area contributed by atoms with Crippen molar-refractivity contribution in [3.63, 3.8) is 0 Å². The number of imidazole rings is 1. The van der Waals surface area contributed by atoms with E-state index in [4.69, 9.17) is 9.47 Å². The average Bonchev–Trinajstić information content (AvgIpc) is 3.16. The summed E-state index contributed by atoms with van der Waals surface area (Å²) in [5, 5.41) is 0. The van der Waals surface area contributed by atoms with Crippen LogP contribution in [0, 0.1) is 0 Å². The minimum absolute atomic E-state index is 0.00368. The van der Waals surface area contributed by atoms with Gasteiger partial charge in [0.05, 0.1) is 11.0 Å². The molecule has 1 N–H and O–H groups in total. The molecule has 2 heterocycles. The molecular formula is C23H23N3O4S. The molecule has 0 aliphatic rings. The van der Waals surface area contributed by atoms with Gasteiger partial charge < -0.3 is 14.5 Å². The predicted octanol–water partition coefficient (Wildman–Crippen LogP) is 4.39. The summed E-state index contributed by atoms with van der Waals surface area (Å²) in [6, 6.07) is 16.0. The highest BCUT2D eigenvalue weighted by Gasteiger charge is 2.12. The van der Waals surface area contributed by atoms with Crippen molar-refractivity contribution in [1.82, 2.24) is 15.0 Å². The minimum atomic E-state index is -3.22. The van der Waals surface area contributed by atoms with Gasteiger partial charge in [0.25, 0.3) is 0 Å². The summed E-state index contributed by atoms with van der Waals surface area (Å²) < 4.78 is 35.1. The van der Waals surface area contributed by atoms with E-state index in [-0.39, 0.29) is 17.6 Å². The van der Waals surface area contributed by atoms with Crippen molar-refractivity contribution in [3.8, 4) is 22.9 Å². The molecule has 0 spiro atoms. The molecule has 0 unspecified atom stereocenters. The fourth-order valence-corrected chi connectivity index (χ4v) is 3.74. The largest absolute Gasteiger partial charge is 0.491 e. The van der Waals surface area contributed by atoms with Crippen LogP contribution in [0.25, 0.3) is 22.6 Å². The number of hydrogen-bond acceptors (Lipinski definition) is 6. The summed E-state index contributed by atoms with van der Waals surface area (Å²) in [6.07, 6.45) is 2.91. The molecule has 4 aromatic rings. The molecule has 0 aliphatic carbocycles. The fraction of sp³-hybridized carbons (Fsp3) is 0.217. The smallest absolute Gasteiger partial charge is 0.175 e. The zero-order chi connectivity index (χ0) is 22.0. The van der Waals surface area contributed by atoms with Crippen LogP contribution in [-0.4, -0.2) is 35.7 Å². The van der Waals surface area contributed by atoms with Crippen LogP contribution in [0.1, 0.15) is 19.4 Å². The molecule has 0 amide bonds. The fourth-order valence-electron chi connectivity index (χ4n) is 3.11. The van der Waals surface area contributed by atoms with E-state index in [1.54, 1.807) is 30.5 Å². The Morgan fingerprint density at radius 1 is 1.03 bits per heavy atom. The van der Waals surface area contributed by atoms with Crippen LogP contribution >= 0.6 is 0 Å². The van der Waals surface area contributed by atoms with E-state index in [0.29, 0.717) is 23.0 Å². The lowest BCUT2D eigenvalue weighted by Crippen LogP contribution is -2.06. The first-order chi connectivity index (χ1) is 14.8. The predicted molar refractivity (Wildman–Crippen MR) is 119 cm³/mol. The van der Waals surface area contributed by atoms with Gasteiger partial charge in [0.2, 0.25) is 0 Å². The van der Waals surface area contributed by atoms with Gasteiger partial charge in [-0.3, -0.25) is 0 Å². The van der Waals surface area contributed by atoms with Crippen LogP contribution in [0.3, 0.4) is 0 Å². The maximum atomic E-state index is 11.6. The van der Waals surface area contributed by atoms with E-state index in [9.17, 15) is 8.42 Å². The Balaban J connectivity index is 1.61. The zero-order valence-electron chi connectivity index (χ0n) is 17.5. The molecule has 2 aromatic heterocycles. The molecule has 7 nitrogen and oxygen atoms in total. The summed E-state index contributed by atoms with van der Waals surface area (Å²) in [5.74, 6) is 1.96. The Morgan fingerprint density at radius 3 is 2.45 bits per heavy atom. The van der Waals surface area contributed by atoms with Crippen molar-refractivity contribution < 1.29 is 17.9 Å². The van der Waals surface area contributed by atoms with Crippen molar-refractivity contribution in [2.24, 2.45) is 0 Å². The number of rotatable bonds is 7. The first kappa shape index (κ1) is 20.9. The third kappa shape index (κ3) is 5.03. The number of H-pyrrole nitrogens is 1. The molecule has 0 atom stereocenters. The number of nitrogens with zero attached hydrogens (tertiary/aromatic N) is 2. The van der Waals surface area contributed by atoms with Crippen LogP contribution < -0.4 is 9.47 Å². The van der Waals surface area contributed by atoms with Crippen LogP contribution in [-0.2, 0) is 16.4 Å². The maximum absolute atomic E-state index is 11.6. The third-order valence-corrected chi connectivity index (χ3v) is 5.67. The molecule has 0 radical (unpaired) electrons. The molecular weight excluding hydrogens is 414 g/mol. The monoisotopic (exact) mass is 437 g/mol. The van der Waals surface area contributed by atoms with Gasteiger partial charge >= 0.3 is 0 Å². The van der Waals surface area contributed by atoms with Crippen LogP contribution in [0.5, 0.6) is 11.5 Å². The molecule has 0 aliphatic heterocycles. The van der Waals surface area contributed by atoms with Gasteiger partial charge in [-0.05, 0) is 55.8 Å². The van der Waals surface area contributed by atoms with E-state index >= 15 is 0 Å². The molecule has 0 saturated heterocycles. The summed E-state index contributed by atoms with van der Waals surface area (Å²) in [4.78, 5) is 12.4. The highest BCUT2D eigenvalue weighted by Crippen LogP contribution is 2.30. The summed E-state index contributed by atoms with van der Waals surface area (Å²) in [7, 11) is -3.22. The number of fused-ring (bicyclic) bond motifs is 1. The lowest BCUT2D eigenvalue weighted by Gasteiger charge is -2.14. The number of sulfone groups is 1. The topological polar surface area (TPSA) is 94.2 Å². The van der Waals surface area contributed by atoms with Crippen molar-refractivity contribution in [2.45, 2.75) is 31.5 Å². The summed E-state index contributed by atoms with van der Waals surface area (Å²) >= 11 is 0. The standard InChI is InChI=1S/C23H23N3O4S/c1-15(2)30-19-12-17(22-25-21-5-4-10-24-23(21)26-22)11-18(13-19)29-14-16-6-8-20(9-7-16)31(3,27)28/h4-13,15H,14H2,1-3H3,(H,24,25,26). The highest BCUT2D eigenvalue weighted by molar-refractivity contribution is 7.90. The molecule has 0 bridgehead atoms. The second kappa shape index (κ2) is 8.39. The number of aromatic nitrogens is 3. The van der Waals surface area contributed by atoms with Gasteiger partial charge in [0.15, 0.2) is 15.5 Å². The van der Waals surface area contributed by atoms with Gasteiger partial charge in [-0.15, -0.1) is 0 Å². The van der Waals surface area contributed by atoms with E-state index in [1.807, 2.05) is 44.2 Å². The number of hydrogen-bond donors (Lipinski definition) is 1. The highest BCUT2D eigenvalue weighted by atomic mass is 32.2. The van der Waals surface area contributed by atoms with Crippen molar-refractivity contribution >= 4 is 21.0 Å². The normalized spacial score (nSPS) is 11.7. The van der Waals surface area contributed by atoms with Crippen molar-refractivity contribution in [3.05, 3.63) is 66.4 Å². The Hall–Kier alpha value is -3.39. The second-order valence-corrected chi connectivity index (χ2v) is 9.54. The number of ether oxygens (including phenoxy) is 2. The van der Waals surface area contributed by atoms with Crippen LogP contribution in [0.15, 0.2) is 65.7 Å². The lowest BCUT2D eigenvalue weighted by molar-refractivity contribution is 0.239. The van der Waals surface area contributed by atoms with E-state index in [1.165, 1.54) is 6.26 Å². The van der Waals surface area contributed by atoms with Crippen molar-refractivity contribution in [2.75, 3.05) is 6.26 Å². The second-order valence-electron chi connectivity index (χ2n) is 7.52. The molecule has 0 saturated carbocycles. The first-order valence-electron chi connectivity index (χ1n) is 9.82. The molecule has 4 rings (SSSR count). The molecule has 31 heavy (non-hydrogen) atoms. The lowest BCUT2D eigenvalue weighted by atomic mass is 10.2. The van der Waals surface area contributed by atoms with E-state index < -0.39 is 9.84 Å². The maximum Gasteiger partial charge on any atom is 0.175 e. The molecule has 0 fully saturated rings. The Labute approximate surface area is 181 Å². The number of pyridine rings is 1. The summed E-state index contributed by atoms with van der Waals surface area (Å²) in [6.45, 7) is 4.21. The van der Waals surface area contributed by atoms with Gasteiger partial charge in [-0.25, -0.2) is 18.4 Å². The van der Waals surface area contributed by atoms with Crippen LogP contribution in [0.2, 0.25) is 0 Å². The average molecular weight is 438 g/mol. The number of benzene rings is 2. The van der Waals surface area contributed by atoms with Gasteiger partial charge in [0, 0.05) is 24.1 Å². The SMILES string of the molecule is CC(C)Oc1cc(OCc2ccc(S(C)(=O)=O)cc2)cc(-c2nc3cccnc3[nH]2)c1. The first-order valence-corrected chi connectivity index (χ1v) is 11.7. The zero-order valence-corrected chi connectivity index (χ0v) is 18.3. The molecule has 8 heteroatoms. The number of aromatic amines is 1. The molecule has 2 aromatic carbocycles. The van der Waals surface area contributed by atoms with Gasteiger partial charge in [-0.2, -0.15) is 0 Å². The Bertz CT molecular complexity index is 1280. The van der Waals surface area contributed by atoms with E-state index in [0.717, 1.165) is 16.6 Å². The Kier molecular flexibility index (Phi) is 5.65. The number of nitrogens with one attached hydrogen (secondary N) is 1. The quantitative estimate of drug-likeness (QED) is 0.461. The van der Waals surface area contributed by atoms with Crippen molar-refractivity contribution in [1.29, 1.82) is 0 Å².